The molecule has 0 spiro atoms. The van der Waals surface area contributed by atoms with Gasteiger partial charge in [0.05, 0.1) is 0 Å². The van der Waals surface area contributed by atoms with Gasteiger partial charge in [-0.3, -0.25) is 0 Å². The first kappa shape index (κ1) is 8.96. The maximum Gasteiger partial charge on any atom is 0.0153 e. The Bertz CT molecular complexity index is 39.8. The Labute approximate surface area is 68.3 Å². The Morgan fingerprint density at radius 3 is 2.38 bits per heavy atom. The Hall–Kier alpha value is 0.960. The lowest BCUT2D eigenvalue weighted by molar-refractivity contribution is 0.736. The molecule has 0 amide bonds. The first-order valence-corrected chi connectivity index (χ1v) is 5.05. The molecule has 0 fully saturated rings. The average molecular weight is 244 g/mol. The van der Waals surface area contributed by atoms with Gasteiger partial charge in [0.2, 0.25) is 0 Å². The van der Waals surface area contributed by atoms with Gasteiger partial charge < -0.3 is 0 Å². The first-order valence-electron chi connectivity index (χ1n) is 3.01. The fraction of sp³-hybridized carbons (Fsp3) is 1.00. The molecule has 0 saturated carbocycles. The maximum absolute atomic E-state index is 3.57. The van der Waals surface area contributed by atoms with Crippen molar-refractivity contribution in [1.82, 2.24) is 0 Å². The standard InChI is InChI=1S/C6H12Br2/c1-2-3-6(8)4-5-7/h6H,2-5H2,1H3. The van der Waals surface area contributed by atoms with Crippen molar-refractivity contribution in [3.05, 3.63) is 0 Å². The van der Waals surface area contributed by atoms with Crippen molar-refractivity contribution in [2.45, 2.75) is 31.0 Å². The Kier molecular flexibility index (Phi) is 6.82. The van der Waals surface area contributed by atoms with Crippen LogP contribution in [0.15, 0.2) is 0 Å². The van der Waals surface area contributed by atoms with Gasteiger partial charge in [-0.25, -0.2) is 0 Å². The zero-order valence-corrected chi connectivity index (χ0v) is 8.33. The number of hydrogen-bond donors (Lipinski definition) is 0. The number of rotatable bonds is 4. The zero-order chi connectivity index (χ0) is 6.41. The van der Waals surface area contributed by atoms with Crippen LogP contribution in [0.5, 0.6) is 0 Å². The quantitative estimate of drug-likeness (QED) is 0.665. The number of hydrogen-bond acceptors (Lipinski definition) is 0. The van der Waals surface area contributed by atoms with E-state index in [1.807, 2.05) is 0 Å². The summed E-state index contributed by atoms with van der Waals surface area (Å²) in [6, 6.07) is 0. The second kappa shape index (κ2) is 6.09. The summed E-state index contributed by atoms with van der Waals surface area (Å²) >= 11 is 6.96. The molecule has 50 valence electrons. The van der Waals surface area contributed by atoms with Crippen molar-refractivity contribution in [2.24, 2.45) is 0 Å². The van der Waals surface area contributed by atoms with Crippen LogP contribution >= 0.6 is 31.9 Å². The highest BCUT2D eigenvalue weighted by molar-refractivity contribution is 9.10. The van der Waals surface area contributed by atoms with Crippen LogP contribution in [0.2, 0.25) is 0 Å². The van der Waals surface area contributed by atoms with Crippen LogP contribution < -0.4 is 0 Å². The van der Waals surface area contributed by atoms with Crippen LogP contribution in [0.25, 0.3) is 0 Å². The van der Waals surface area contributed by atoms with Gasteiger partial charge in [-0.15, -0.1) is 0 Å². The van der Waals surface area contributed by atoms with Crippen LogP contribution in [0.3, 0.4) is 0 Å². The third-order valence-corrected chi connectivity index (χ3v) is 2.40. The van der Waals surface area contributed by atoms with E-state index in [1.54, 1.807) is 0 Å². The lowest BCUT2D eigenvalue weighted by Crippen LogP contribution is -1.96. The fourth-order valence-corrected chi connectivity index (χ4v) is 2.43. The minimum atomic E-state index is 0.729. The molecule has 2 heteroatoms. The van der Waals surface area contributed by atoms with Crippen LogP contribution in [-0.4, -0.2) is 10.2 Å². The molecule has 0 aliphatic carbocycles. The molecule has 0 radical (unpaired) electrons. The van der Waals surface area contributed by atoms with E-state index in [1.165, 1.54) is 19.3 Å². The molecule has 8 heavy (non-hydrogen) atoms. The Morgan fingerprint density at radius 2 is 2.00 bits per heavy atom. The summed E-state index contributed by atoms with van der Waals surface area (Å²) in [5, 5.41) is 1.11. The molecule has 0 aliphatic heterocycles. The fourth-order valence-electron chi connectivity index (χ4n) is 0.576. The molecule has 0 nitrogen and oxygen atoms in total. The van der Waals surface area contributed by atoms with Gasteiger partial charge >= 0.3 is 0 Å². The van der Waals surface area contributed by atoms with E-state index in [4.69, 9.17) is 0 Å². The van der Waals surface area contributed by atoms with Gasteiger partial charge in [-0.05, 0) is 12.8 Å². The topological polar surface area (TPSA) is 0 Å². The summed E-state index contributed by atoms with van der Waals surface area (Å²) in [6.07, 6.45) is 3.82. The van der Waals surface area contributed by atoms with E-state index in [2.05, 4.69) is 38.8 Å². The van der Waals surface area contributed by atoms with Gasteiger partial charge in [-0.1, -0.05) is 45.2 Å². The molecule has 0 aromatic rings. The van der Waals surface area contributed by atoms with Gasteiger partial charge in [0, 0.05) is 10.2 Å². The summed E-state index contributed by atoms with van der Waals surface area (Å²) < 4.78 is 0. The van der Waals surface area contributed by atoms with Crippen LogP contribution in [-0.2, 0) is 0 Å². The highest BCUT2D eigenvalue weighted by Crippen LogP contribution is 2.12. The molecule has 0 saturated heterocycles. The Morgan fingerprint density at radius 1 is 1.38 bits per heavy atom. The molecular formula is C6H12Br2. The molecule has 1 unspecified atom stereocenters. The van der Waals surface area contributed by atoms with Crippen molar-refractivity contribution < 1.29 is 0 Å². The second-order valence-electron chi connectivity index (χ2n) is 1.86. The normalized spacial score (nSPS) is 13.9. The monoisotopic (exact) mass is 242 g/mol. The second-order valence-corrected chi connectivity index (χ2v) is 3.95. The minimum absolute atomic E-state index is 0.729. The first-order chi connectivity index (χ1) is 3.81. The molecule has 0 N–H and O–H groups in total. The molecular weight excluding hydrogens is 232 g/mol. The highest BCUT2D eigenvalue weighted by atomic mass is 79.9. The summed E-state index contributed by atoms with van der Waals surface area (Å²) in [6.45, 7) is 2.21. The molecule has 0 aromatic heterocycles. The van der Waals surface area contributed by atoms with Crippen molar-refractivity contribution in [1.29, 1.82) is 0 Å². The van der Waals surface area contributed by atoms with E-state index in [9.17, 15) is 0 Å². The van der Waals surface area contributed by atoms with Crippen LogP contribution in [0.1, 0.15) is 26.2 Å². The third kappa shape index (κ3) is 5.10. The predicted octanol–water partition coefficient (Wildman–Crippen LogP) is 3.34. The molecule has 0 bridgehead atoms. The summed E-state index contributed by atoms with van der Waals surface area (Å²) in [5.41, 5.74) is 0. The van der Waals surface area contributed by atoms with Gasteiger partial charge in [0.15, 0.2) is 0 Å². The van der Waals surface area contributed by atoms with Crippen LogP contribution in [0, 0.1) is 0 Å². The molecule has 1 atom stereocenters. The van der Waals surface area contributed by atoms with E-state index in [0.717, 1.165) is 10.2 Å². The lowest BCUT2D eigenvalue weighted by Gasteiger charge is -2.02. The highest BCUT2D eigenvalue weighted by Gasteiger charge is 1.98. The number of alkyl halides is 2. The summed E-state index contributed by atoms with van der Waals surface area (Å²) in [4.78, 5) is 0.729. The SMILES string of the molecule is CCCC(Br)CCBr. The average Bonchev–Trinajstić information content (AvgIpc) is 1.68. The molecule has 0 aliphatic rings. The molecule has 0 rings (SSSR count). The Balaban J connectivity index is 2.92. The molecule has 0 aromatic carbocycles. The van der Waals surface area contributed by atoms with Crippen molar-refractivity contribution in [2.75, 3.05) is 5.33 Å². The zero-order valence-electron chi connectivity index (χ0n) is 5.16. The van der Waals surface area contributed by atoms with Crippen LogP contribution in [0.4, 0.5) is 0 Å². The predicted molar refractivity (Wildman–Crippen MR) is 46.0 cm³/mol. The van der Waals surface area contributed by atoms with Gasteiger partial charge in [-0.2, -0.15) is 0 Å². The van der Waals surface area contributed by atoms with E-state index >= 15 is 0 Å². The maximum atomic E-state index is 3.57. The van der Waals surface area contributed by atoms with Crippen molar-refractivity contribution >= 4 is 31.9 Å². The third-order valence-electron chi connectivity index (χ3n) is 1.02. The number of halogens is 2. The lowest BCUT2D eigenvalue weighted by atomic mass is 10.2. The van der Waals surface area contributed by atoms with E-state index in [0.29, 0.717) is 0 Å². The molecule has 0 heterocycles. The van der Waals surface area contributed by atoms with Gasteiger partial charge in [0.1, 0.15) is 0 Å². The summed E-state index contributed by atoms with van der Waals surface area (Å²) in [5.74, 6) is 0. The smallest absolute Gasteiger partial charge is 0.0153 e. The van der Waals surface area contributed by atoms with Crippen molar-refractivity contribution in [3.63, 3.8) is 0 Å². The van der Waals surface area contributed by atoms with Gasteiger partial charge in [0.25, 0.3) is 0 Å². The minimum Gasteiger partial charge on any atom is -0.0928 e. The van der Waals surface area contributed by atoms with Crippen molar-refractivity contribution in [3.8, 4) is 0 Å². The largest absolute Gasteiger partial charge is 0.0928 e. The van der Waals surface area contributed by atoms with E-state index in [-0.39, 0.29) is 0 Å². The van der Waals surface area contributed by atoms with E-state index < -0.39 is 0 Å². The summed E-state index contributed by atoms with van der Waals surface area (Å²) in [7, 11) is 0.